The molecular weight excluding hydrogens is 416 g/mol. The lowest BCUT2D eigenvalue weighted by atomic mass is 10.1. The summed E-state index contributed by atoms with van der Waals surface area (Å²) in [7, 11) is 0. The highest BCUT2D eigenvalue weighted by molar-refractivity contribution is 7.98. The molecule has 0 aliphatic carbocycles. The van der Waals surface area contributed by atoms with E-state index in [0.717, 1.165) is 18.5 Å². The molecule has 2 amide bonds. The highest BCUT2D eigenvalue weighted by Crippen LogP contribution is 2.22. The minimum absolute atomic E-state index is 0.00620. The van der Waals surface area contributed by atoms with E-state index in [4.69, 9.17) is 4.74 Å². The van der Waals surface area contributed by atoms with Crippen molar-refractivity contribution >= 4 is 23.5 Å². The molecule has 9 nitrogen and oxygen atoms in total. The number of hydrogen-bond acceptors (Lipinski definition) is 7. The maximum Gasteiger partial charge on any atom is 0.322 e. The monoisotopic (exact) mass is 440 g/mol. The SMILES string of the molecule is CSc1nnnn1-c1cccc(NC(=O)N(Cc2ccccc2O)C[C@H]2CCCO2)c1. The summed E-state index contributed by atoms with van der Waals surface area (Å²) in [4.78, 5) is 14.8. The van der Waals surface area contributed by atoms with Gasteiger partial charge in [-0.05, 0) is 53.8 Å². The fraction of sp³-hybridized carbons (Fsp3) is 0.333. The number of anilines is 1. The number of carbonyl (C=O) groups excluding carboxylic acids is 1. The highest BCUT2D eigenvalue weighted by Gasteiger charge is 2.24. The van der Waals surface area contributed by atoms with Gasteiger partial charge >= 0.3 is 6.03 Å². The van der Waals surface area contributed by atoms with Crippen LogP contribution in [0.3, 0.4) is 0 Å². The van der Waals surface area contributed by atoms with Crippen molar-refractivity contribution in [3.8, 4) is 11.4 Å². The summed E-state index contributed by atoms with van der Waals surface area (Å²) in [6.07, 6.45) is 3.79. The summed E-state index contributed by atoms with van der Waals surface area (Å²) >= 11 is 1.44. The molecule has 10 heteroatoms. The molecule has 2 aromatic carbocycles. The lowest BCUT2D eigenvalue weighted by molar-refractivity contribution is 0.0817. The second-order valence-electron chi connectivity index (χ2n) is 7.20. The normalized spacial score (nSPS) is 15.7. The molecular formula is C21H24N6O3S. The predicted molar refractivity (Wildman–Crippen MR) is 117 cm³/mol. The van der Waals surface area contributed by atoms with Gasteiger partial charge in [-0.2, -0.15) is 4.68 Å². The number of tetrazole rings is 1. The maximum absolute atomic E-state index is 13.2. The first-order valence-electron chi connectivity index (χ1n) is 10.0. The van der Waals surface area contributed by atoms with E-state index in [1.165, 1.54) is 11.8 Å². The Labute approximate surface area is 184 Å². The Balaban J connectivity index is 1.52. The Kier molecular flexibility index (Phi) is 6.68. The van der Waals surface area contributed by atoms with Gasteiger partial charge in [-0.25, -0.2) is 4.79 Å². The van der Waals surface area contributed by atoms with Gasteiger partial charge in [-0.3, -0.25) is 0 Å². The zero-order chi connectivity index (χ0) is 21.6. The molecule has 0 spiro atoms. The number of nitrogens with one attached hydrogen (secondary N) is 1. The van der Waals surface area contributed by atoms with E-state index in [1.54, 1.807) is 21.7 Å². The second-order valence-corrected chi connectivity index (χ2v) is 7.98. The van der Waals surface area contributed by atoms with E-state index < -0.39 is 0 Å². The quantitative estimate of drug-likeness (QED) is 0.543. The first kappa shape index (κ1) is 21.1. The fourth-order valence-corrected chi connectivity index (χ4v) is 3.92. The Morgan fingerprint density at radius 3 is 2.97 bits per heavy atom. The van der Waals surface area contributed by atoms with Crippen LogP contribution < -0.4 is 5.32 Å². The third-order valence-corrected chi connectivity index (χ3v) is 5.67. The molecule has 162 valence electrons. The molecule has 4 rings (SSSR count). The first-order chi connectivity index (χ1) is 15.1. The third-order valence-electron chi connectivity index (χ3n) is 5.05. The van der Waals surface area contributed by atoms with Crippen molar-refractivity contribution in [2.75, 3.05) is 24.7 Å². The van der Waals surface area contributed by atoms with Gasteiger partial charge in [-0.1, -0.05) is 36.0 Å². The molecule has 0 bridgehead atoms. The van der Waals surface area contributed by atoms with Gasteiger partial charge in [0.05, 0.1) is 18.3 Å². The number of urea groups is 1. The Morgan fingerprint density at radius 2 is 2.19 bits per heavy atom. The molecule has 31 heavy (non-hydrogen) atoms. The summed E-state index contributed by atoms with van der Waals surface area (Å²) in [5, 5.41) is 25.5. The molecule has 1 atom stereocenters. The van der Waals surface area contributed by atoms with E-state index in [1.807, 2.05) is 42.7 Å². The minimum Gasteiger partial charge on any atom is -0.508 e. The van der Waals surface area contributed by atoms with Crippen molar-refractivity contribution in [2.45, 2.75) is 30.6 Å². The van der Waals surface area contributed by atoms with Gasteiger partial charge in [0.1, 0.15) is 5.75 Å². The lowest BCUT2D eigenvalue weighted by Gasteiger charge is -2.26. The van der Waals surface area contributed by atoms with Crippen LogP contribution in [0.25, 0.3) is 5.69 Å². The molecule has 2 N–H and O–H groups in total. The number of ether oxygens (including phenoxy) is 1. The van der Waals surface area contributed by atoms with E-state index in [-0.39, 0.29) is 24.4 Å². The molecule has 0 radical (unpaired) electrons. The average Bonchev–Trinajstić information content (AvgIpc) is 3.46. The molecule has 2 heterocycles. The van der Waals surface area contributed by atoms with Crippen LogP contribution in [0.5, 0.6) is 5.75 Å². The largest absolute Gasteiger partial charge is 0.508 e. The van der Waals surface area contributed by atoms with Gasteiger partial charge < -0.3 is 20.1 Å². The number of para-hydroxylation sites is 1. The van der Waals surface area contributed by atoms with Crippen molar-refractivity contribution in [1.29, 1.82) is 0 Å². The van der Waals surface area contributed by atoms with Crippen LogP contribution in [0.15, 0.2) is 53.7 Å². The van der Waals surface area contributed by atoms with Gasteiger partial charge in [0.2, 0.25) is 5.16 Å². The summed E-state index contributed by atoms with van der Waals surface area (Å²) in [6, 6.07) is 14.1. The van der Waals surface area contributed by atoms with Crippen molar-refractivity contribution in [1.82, 2.24) is 25.1 Å². The standard InChI is InChI=1S/C21H24N6O3S/c1-31-21-23-24-25-27(21)17-8-4-7-16(12-17)22-20(29)26(14-18-9-5-11-30-18)13-15-6-2-3-10-19(15)28/h2-4,6-8,10,12,18,28H,5,9,11,13-14H2,1H3,(H,22,29)/t18-/m1/s1. The maximum atomic E-state index is 13.2. The van der Waals surface area contributed by atoms with Crippen molar-refractivity contribution in [3.05, 3.63) is 54.1 Å². The number of aromatic nitrogens is 4. The lowest BCUT2D eigenvalue weighted by Crippen LogP contribution is -2.39. The molecule has 1 aliphatic heterocycles. The molecule has 1 fully saturated rings. The Bertz CT molecular complexity index is 1040. The fourth-order valence-electron chi connectivity index (χ4n) is 3.49. The summed E-state index contributed by atoms with van der Waals surface area (Å²) in [5.74, 6) is 0.165. The van der Waals surface area contributed by atoms with E-state index in [2.05, 4.69) is 20.8 Å². The number of aromatic hydroxyl groups is 1. The molecule has 1 saturated heterocycles. The number of hydrogen-bond donors (Lipinski definition) is 2. The average molecular weight is 441 g/mol. The number of phenolic OH excluding ortho intramolecular Hbond substituents is 1. The van der Waals surface area contributed by atoms with Crippen LogP contribution >= 0.6 is 11.8 Å². The summed E-state index contributed by atoms with van der Waals surface area (Å²) < 4.78 is 7.35. The number of amides is 2. The van der Waals surface area contributed by atoms with E-state index in [0.29, 0.717) is 29.6 Å². The second kappa shape index (κ2) is 9.80. The summed E-state index contributed by atoms with van der Waals surface area (Å²) in [6.45, 7) is 1.44. The molecule has 0 saturated carbocycles. The molecule has 1 aliphatic rings. The van der Waals surface area contributed by atoms with Crippen LogP contribution in [-0.4, -0.2) is 61.8 Å². The van der Waals surface area contributed by atoms with Gasteiger partial charge in [0.15, 0.2) is 0 Å². The first-order valence-corrected chi connectivity index (χ1v) is 11.2. The zero-order valence-electron chi connectivity index (χ0n) is 17.1. The van der Waals surface area contributed by atoms with Crippen LogP contribution in [0.1, 0.15) is 18.4 Å². The van der Waals surface area contributed by atoms with Crippen LogP contribution in [-0.2, 0) is 11.3 Å². The molecule has 1 aromatic heterocycles. The number of benzene rings is 2. The van der Waals surface area contributed by atoms with Crippen LogP contribution in [0.4, 0.5) is 10.5 Å². The van der Waals surface area contributed by atoms with Gasteiger partial charge in [0.25, 0.3) is 0 Å². The number of thioether (sulfide) groups is 1. The van der Waals surface area contributed by atoms with Gasteiger partial charge in [-0.15, -0.1) is 5.10 Å². The highest BCUT2D eigenvalue weighted by atomic mass is 32.2. The number of nitrogens with zero attached hydrogens (tertiary/aromatic N) is 5. The smallest absolute Gasteiger partial charge is 0.322 e. The van der Waals surface area contributed by atoms with Crippen LogP contribution in [0, 0.1) is 0 Å². The number of carbonyl (C=O) groups is 1. The summed E-state index contributed by atoms with van der Waals surface area (Å²) in [5.41, 5.74) is 2.06. The zero-order valence-corrected chi connectivity index (χ0v) is 18.0. The minimum atomic E-state index is -0.266. The predicted octanol–water partition coefficient (Wildman–Crippen LogP) is 3.30. The topological polar surface area (TPSA) is 105 Å². The van der Waals surface area contributed by atoms with Crippen LogP contribution in [0.2, 0.25) is 0 Å². The third kappa shape index (κ3) is 5.15. The van der Waals surface area contributed by atoms with Crippen molar-refractivity contribution < 1.29 is 14.6 Å². The van der Waals surface area contributed by atoms with E-state index >= 15 is 0 Å². The van der Waals surface area contributed by atoms with Crippen molar-refractivity contribution in [2.24, 2.45) is 0 Å². The number of phenols is 1. The Hall–Kier alpha value is -3.11. The Morgan fingerprint density at radius 1 is 1.32 bits per heavy atom. The number of rotatable bonds is 7. The molecule has 0 unspecified atom stereocenters. The van der Waals surface area contributed by atoms with Gasteiger partial charge in [0, 0.05) is 24.4 Å². The van der Waals surface area contributed by atoms with E-state index in [9.17, 15) is 9.90 Å². The molecule has 3 aromatic rings. The van der Waals surface area contributed by atoms with Crippen molar-refractivity contribution in [3.63, 3.8) is 0 Å².